The number of rotatable bonds is 5. The van der Waals surface area contributed by atoms with Gasteiger partial charge in [0.1, 0.15) is 5.60 Å². The monoisotopic (exact) mass is 258 g/mol. The molecule has 1 aliphatic rings. The molecule has 5 heteroatoms. The number of ether oxygens (including phenoxy) is 2. The average Bonchev–Trinajstić information content (AvgIpc) is 2.66. The van der Waals surface area contributed by atoms with E-state index in [0.717, 1.165) is 32.6 Å². The SMILES string of the molecule is CC(CCNC1CCOC1)NC(=O)OC(C)(C)C. The highest BCUT2D eigenvalue weighted by atomic mass is 16.6. The van der Waals surface area contributed by atoms with E-state index in [0.29, 0.717) is 6.04 Å². The second-order valence-electron chi connectivity index (χ2n) is 5.85. The summed E-state index contributed by atoms with van der Waals surface area (Å²) in [5, 5.41) is 6.25. The minimum Gasteiger partial charge on any atom is -0.444 e. The van der Waals surface area contributed by atoms with Gasteiger partial charge in [-0.1, -0.05) is 0 Å². The summed E-state index contributed by atoms with van der Waals surface area (Å²) >= 11 is 0. The van der Waals surface area contributed by atoms with E-state index in [1.165, 1.54) is 0 Å². The Kier molecular flexibility index (Phi) is 5.88. The minimum atomic E-state index is -0.441. The number of hydrogen-bond donors (Lipinski definition) is 2. The van der Waals surface area contributed by atoms with Gasteiger partial charge in [-0.2, -0.15) is 0 Å². The third-order valence-corrected chi connectivity index (χ3v) is 2.70. The Morgan fingerprint density at radius 3 is 2.78 bits per heavy atom. The highest BCUT2D eigenvalue weighted by Crippen LogP contribution is 2.07. The molecular weight excluding hydrogens is 232 g/mol. The zero-order valence-corrected chi connectivity index (χ0v) is 11.9. The van der Waals surface area contributed by atoms with Crippen molar-refractivity contribution in [2.45, 2.75) is 58.2 Å². The van der Waals surface area contributed by atoms with Crippen molar-refractivity contribution in [2.24, 2.45) is 0 Å². The van der Waals surface area contributed by atoms with Crippen LogP contribution in [-0.2, 0) is 9.47 Å². The first-order chi connectivity index (χ1) is 8.37. The lowest BCUT2D eigenvalue weighted by molar-refractivity contribution is 0.0506. The van der Waals surface area contributed by atoms with E-state index < -0.39 is 5.60 Å². The van der Waals surface area contributed by atoms with Crippen molar-refractivity contribution in [1.29, 1.82) is 0 Å². The summed E-state index contributed by atoms with van der Waals surface area (Å²) < 4.78 is 10.5. The highest BCUT2D eigenvalue weighted by Gasteiger charge is 2.18. The molecule has 106 valence electrons. The Hall–Kier alpha value is -0.810. The van der Waals surface area contributed by atoms with E-state index in [1.54, 1.807) is 0 Å². The lowest BCUT2D eigenvalue weighted by atomic mass is 10.2. The van der Waals surface area contributed by atoms with Gasteiger partial charge in [0, 0.05) is 18.7 Å². The van der Waals surface area contributed by atoms with Crippen LogP contribution in [0.5, 0.6) is 0 Å². The van der Waals surface area contributed by atoms with Gasteiger partial charge in [-0.05, 0) is 47.1 Å². The molecule has 0 aromatic heterocycles. The van der Waals surface area contributed by atoms with Crippen LogP contribution in [0.2, 0.25) is 0 Å². The first kappa shape index (κ1) is 15.2. The number of carbonyl (C=O) groups is 1. The molecule has 1 saturated heterocycles. The van der Waals surface area contributed by atoms with Crippen molar-refractivity contribution in [2.75, 3.05) is 19.8 Å². The second kappa shape index (κ2) is 6.95. The Morgan fingerprint density at radius 2 is 2.22 bits per heavy atom. The van der Waals surface area contributed by atoms with Crippen LogP contribution in [0.25, 0.3) is 0 Å². The second-order valence-corrected chi connectivity index (χ2v) is 5.85. The van der Waals surface area contributed by atoms with Crippen LogP contribution >= 0.6 is 0 Å². The maximum absolute atomic E-state index is 11.5. The van der Waals surface area contributed by atoms with Gasteiger partial charge in [0.15, 0.2) is 0 Å². The van der Waals surface area contributed by atoms with Crippen LogP contribution in [0, 0.1) is 0 Å². The van der Waals surface area contributed by atoms with Crippen molar-refractivity contribution in [3.05, 3.63) is 0 Å². The van der Waals surface area contributed by atoms with Gasteiger partial charge < -0.3 is 20.1 Å². The molecule has 0 aromatic carbocycles. The number of amides is 1. The molecule has 2 unspecified atom stereocenters. The van der Waals surface area contributed by atoms with Crippen molar-refractivity contribution in [3.8, 4) is 0 Å². The summed E-state index contributed by atoms with van der Waals surface area (Å²) in [6.45, 7) is 10.1. The van der Waals surface area contributed by atoms with Crippen LogP contribution in [0.1, 0.15) is 40.5 Å². The van der Waals surface area contributed by atoms with Gasteiger partial charge in [-0.15, -0.1) is 0 Å². The molecule has 1 heterocycles. The highest BCUT2D eigenvalue weighted by molar-refractivity contribution is 5.67. The third kappa shape index (κ3) is 6.81. The lowest BCUT2D eigenvalue weighted by Crippen LogP contribution is -2.40. The molecule has 0 radical (unpaired) electrons. The van der Waals surface area contributed by atoms with E-state index in [1.807, 2.05) is 27.7 Å². The van der Waals surface area contributed by atoms with Gasteiger partial charge >= 0.3 is 6.09 Å². The van der Waals surface area contributed by atoms with E-state index in [9.17, 15) is 4.79 Å². The van der Waals surface area contributed by atoms with E-state index >= 15 is 0 Å². The fourth-order valence-corrected chi connectivity index (χ4v) is 1.78. The average molecular weight is 258 g/mol. The maximum Gasteiger partial charge on any atom is 0.407 e. The molecule has 0 spiro atoms. The summed E-state index contributed by atoms with van der Waals surface area (Å²) in [6.07, 6.45) is 1.61. The third-order valence-electron chi connectivity index (χ3n) is 2.70. The van der Waals surface area contributed by atoms with Crippen molar-refractivity contribution < 1.29 is 14.3 Å². The normalized spacial score (nSPS) is 21.7. The number of hydrogen-bond acceptors (Lipinski definition) is 4. The van der Waals surface area contributed by atoms with Crippen LogP contribution in [0.4, 0.5) is 4.79 Å². The smallest absolute Gasteiger partial charge is 0.407 e. The Labute approximate surface area is 110 Å². The molecule has 0 aromatic rings. The van der Waals surface area contributed by atoms with Crippen LogP contribution in [0.3, 0.4) is 0 Å². The molecule has 18 heavy (non-hydrogen) atoms. The molecule has 0 aliphatic carbocycles. The van der Waals surface area contributed by atoms with Crippen LogP contribution in [-0.4, -0.2) is 43.5 Å². The molecule has 2 N–H and O–H groups in total. The summed E-state index contributed by atoms with van der Waals surface area (Å²) in [6, 6.07) is 0.577. The Balaban J connectivity index is 2.09. The molecule has 0 bridgehead atoms. The van der Waals surface area contributed by atoms with E-state index in [2.05, 4.69) is 10.6 Å². The molecule has 1 amide bonds. The fraction of sp³-hybridized carbons (Fsp3) is 0.923. The van der Waals surface area contributed by atoms with Gasteiger partial charge in [0.2, 0.25) is 0 Å². The summed E-state index contributed by atoms with van der Waals surface area (Å²) in [4.78, 5) is 11.5. The topological polar surface area (TPSA) is 59.6 Å². The molecule has 1 aliphatic heterocycles. The predicted octanol–water partition coefficient (Wildman–Crippen LogP) is 1.67. The van der Waals surface area contributed by atoms with E-state index in [-0.39, 0.29) is 12.1 Å². The molecular formula is C13H26N2O3. The number of alkyl carbamates (subject to hydrolysis) is 1. The summed E-state index contributed by atoms with van der Waals surface area (Å²) in [5.41, 5.74) is -0.441. The molecule has 1 rings (SSSR count). The first-order valence-electron chi connectivity index (χ1n) is 6.67. The number of carbonyl (C=O) groups excluding carboxylic acids is 1. The summed E-state index contributed by atoms with van der Waals surface area (Å²) in [7, 11) is 0. The molecule has 2 atom stereocenters. The van der Waals surface area contributed by atoms with Crippen molar-refractivity contribution in [3.63, 3.8) is 0 Å². The van der Waals surface area contributed by atoms with Gasteiger partial charge in [-0.25, -0.2) is 4.79 Å². The van der Waals surface area contributed by atoms with Gasteiger partial charge in [-0.3, -0.25) is 0 Å². The van der Waals surface area contributed by atoms with Crippen LogP contribution in [0.15, 0.2) is 0 Å². The van der Waals surface area contributed by atoms with Crippen LogP contribution < -0.4 is 10.6 Å². The van der Waals surface area contributed by atoms with E-state index in [4.69, 9.17) is 9.47 Å². The zero-order chi connectivity index (χ0) is 13.6. The molecule has 5 nitrogen and oxygen atoms in total. The number of nitrogens with one attached hydrogen (secondary N) is 2. The minimum absolute atomic E-state index is 0.106. The largest absolute Gasteiger partial charge is 0.444 e. The van der Waals surface area contributed by atoms with Crippen molar-refractivity contribution in [1.82, 2.24) is 10.6 Å². The standard InChI is InChI=1S/C13H26N2O3/c1-10(15-12(16)18-13(2,3)4)5-7-14-11-6-8-17-9-11/h10-11,14H,5-9H2,1-4H3,(H,15,16). The molecule has 0 saturated carbocycles. The fourth-order valence-electron chi connectivity index (χ4n) is 1.78. The zero-order valence-electron chi connectivity index (χ0n) is 11.9. The molecule has 1 fully saturated rings. The van der Waals surface area contributed by atoms with Gasteiger partial charge in [0.25, 0.3) is 0 Å². The predicted molar refractivity (Wildman–Crippen MR) is 70.7 cm³/mol. The summed E-state index contributed by atoms with van der Waals surface area (Å²) in [5.74, 6) is 0. The first-order valence-corrected chi connectivity index (χ1v) is 6.67. The lowest BCUT2D eigenvalue weighted by Gasteiger charge is -2.22. The Morgan fingerprint density at radius 1 is 1.50 bits per heavy atom. The Bertz CT molecular complexity index is 257. The van der Waals surface area contributed by atoms with Gasteiger partial charge in [0.05, 0.1) is 6.61 Å². The maximum atomic E-state index is 11.5. The quantitative estimate of drug-likeness (QED) is 0.787. The van der Waals surface area contributed by atoms with Crippen molar-refractivity contribution >= 4 is 6.09 Å².